The molecule has 2 heterocycles. The van der Waals surface area contributed by atoms with Crippen molar-refractivity contribution in [1.29, 1.82) is 0 Å². The number of aryl methyl sites for hydroxylation is 1. The van der Waals surface area contributed by atoms with Crippen molar-refractivity contribution in [1.82, 2.24) is 19.6 Å². The van der Waals surface area contributed by atoms with Crippen molar-refractivity contribution in [2.45, 2.75) is 39.2 Å². The normalized spacial score (nSPS) is 14.9. The Bertz CT molecular complexity index is 537. The molecule has 1 aliphatic rings. The predicted octanol–water partition coefficient (Wildman–Crippen LogP) is 1.55. The fourth-order valence-electron chi connectivity index (χ4n) is 2.46. The molecule has 17 heavy (non-hydrogen) atoms. The number of nitrogens with zero attached hydrogens (tertiary/aromatic N) is 4. The molecule has 0 spiro atoms. The average Bonchev–Trinajstić information content (AvgIpc) is 2.95. The summed E-state index contributed by atoms with van der Waals surface area (Å²) in [6, 6.07) is 1.99. The molecule has 0 atom stereocenters. The molecule has 0 aromatic carbocycles. The van der Waals surface area contributed by atoms with Gasteiger partial charge in [0.2, 0.25) is 0 Å². The molecule has 2 aromatic heterocycles. The summed E-state index contributed by atoms with van der Waals surface area (Å²) in [6.07, 6.45) is 6.51. The smallest absolute Gasteiger partial charge is 0.175 e. The molecule has 5 nitrogen and oxygen atoms in total. The molecule has 2 aromatic rings. The minimum Gasteiger partial charge on any atom is -0.382 e. The number of nitrogen functional groups attached to an aromatic ring is 1. The van der Waals surface area contributed by atoms with E-state index in [0.29, 0.717) is 5.82 Å². The third kappa shape index (κ3) is 1.62. The molecular weight excluding hydrogens is 214 g/mol. The van der Waals surface area contributed by atoms with E-state index in [1.807, 2.05) is 21.6 Å². The van der Waals surface area contributed by atoms with Gasteiger partial charge in [0.15, 0.2) is 5.82 Å². The van der Waals surface area contributed by atoms with Crippen LogP contribution in [-0.4, -0.2) is 19.6 Å². The van der Waals surface area contributed by atoms with Gasteiger partial charge >= 0.3 is 0 Å². The molecule has 2 N–H and O–H groups in total. The van der Waals surface area contributed by atoms with E-state index in [4.69, 9.17) is 5.73 Å². The zero-order valence-corrected chi connectivity index (χ0v) is 10.1. The van der Waals surface area contributed by atoms with Gasteiger partial charge in [-0.3, -0.25) is 4.68 Å². The summed E-state index contributed by atoms with van der Waals surface area (Å²) in [6.45, 7) is 2.95. The Labute approximate surface area is 100 Å². The lowest BCUT2D eigenvalue weighted by Gasteiger charge is -2.12. The monoisotopic (exact) mass is 231 g/mol. The maximum atomic E-state index is 5.97. The van der Waals surface area contributed by atoms with Crippen LogP contribution >= 0.6 is 0 Å². The Morgan fingerprint density at radius 3 is 2.88 bits per heavy atom. The Kier molecular flexibility index (Phi) is 2.39. The lowest BCUT2D eigenvalue weighted by Crippen LogP contribution is -2.08. The van der Waals surface area contributed by atoms with E-state index >= 15 is 0 Å². The van der Waals surface area contributed by atoms with Crippen LogP contribution in [0.1, 0.15) is 31.0 Å². The largest absolute Gasteiger partial charge is 0.382 e. The van der Waals surface area contributed by atoms with Gasteiger partial charge in [0, 0.05) is 24.4 Å². The van der Waals surface area contributed by atoms with Crippen LogP contribution in [0.15, 0.2) is 12.3 Å². The molecule has 0 amide bonds. The van der Waals surface area contributed by atoms with Crippen molar-refractivity contribution in [3.8, 4) is 5.82 Å². The van der Waals surface area contributed by atoms with Gasteiger partial charge < -0.3 is 5.73 Å². The third-order valence-corrected chi connectivity index (χ3v) is 3.38. The summed E-state index contributed by atoms with van der Waals surface area (Å²) in [5, 5.41) is 8.91. The third-order valence-electron chi connectivity index (χ3n) is 3.38. The molecule has 0 saturated carbocycles. The van der Waals surface area contributed by atoms with Gasteiger partial charge in [-0.15, -0.1) is 5.10 Å². The zero-order chi connectivity index (χ0) is 11.8. The van der Waals surface area contributed by atoms with Crippen molar-refractivity contribution in [2.75, 3.05) is 5.73 Å². The number of nitrogens with two attached hydrogens (primary N) is 1. The van der Waals surface area contributed by atoms with Gasteiger partial charge in [0.25, 0.3) is 0 Å². The highest BCUT2D eigenvalue weighted by atomic mass is 15.4. The Balaban J connectivity index is 2.08. The number of hydrogen-bond acceptors (Lipinski definition) is 3. The second-order valence-corrected chi connectivity index (χ2v) is 4.46. The SMILES string of the molecule is CCn1ccc(-n2nc(N)c3c2CCCC3)n1. The van der Waals surface area contributed by atoms with Gasteiger partial charge in [0.05, 0.1) is 5.69 Å². The summed E-state index contributed by atoms with van der Waals surface area (Å²) in [5.74, 6) is 1.55. The number of fused-ring (bicyclic) bond motifs is 1. The Morgan fingerprint density at radius 2 is 2.12 bits per heavy atom. The number of anilines is 1. The topological polar surface area (TPSA) is 61.7 Å². The van der Waals surface area contributed by atoms with Crippen molar-refractivity contribution in [2.24, 2.45) is 0 Å². The van der Waals surface area contributed by atoms with Crippen LogP contribution in [0, 0.1) is 0 Å². The van der Waals surface area contributed by atoms with Crippen LogP contribution < -0.4 is 5.73 Å². The fraction of sp³-hybridized carbons (Fsp3) is 0.500. The van der Waals surface area contributed by atoms with Gasteiger partial charge in [-0.05, 0) is 32.6 Å². The van der Waals surface area contributed by atoms with Crippen LogP contribution in [0.2, 0.25) is 0 Å². The minimum atomic E-state index is 0.672. The lowest BCUT2D eigenvalue weighted by molar-refractivity contribution is 0.623. The van der Waals surface area contributed by atoms with Crippen molar-refractivity contribution < 1.29 is 0 Å². The van der Waals surface area contributed by atoms with Crippen LogP contribution in [0.3, 0.4) is 0 Å². The fourth-order valence-corrected chi connectivity index (χ4v) is 2.46. The first kappa shape index (κ1) is 10.4. The molecule has 0 fully saturated rings. The van der Waals surface area contributed by atoms with Gasteiger partial charge in [0.1, 0.15) is 5.82 Å². The number of rotatable bonds is 2. The van der Waals surface area contributed by atoms with E-state index in [0.717, 1.165) is 25.2 Å². The standard InChI is InChI=1S/C12H17N5/c1-2-16-8-7-11(14-16)17-10-6-4-3-5-9(10)12(13)15-17/h7-8H,2-6H2,1H3,(H2,13,15). The average molecular weight is 231 g/mol. The molecule has 0 aliphatic heterocycles. The van der Waals surface area contributed by atoms with E-state index in [2.05, 4.69) is 17.1 Å². The van der Waals surface area contributed by atoms with Gasteiger partial charge in [-0.2, -0.15) is 5.10 Å². The molecule has 0 unspecified atom stereocenters. The summed E-state index contributed by atoms with van der Waals surface area (Å²) in [4.78, 5) is 0. The molecule has 5 heteroatoms. The highest BCUT2D eigenvalue weighted by molar-refractivity contribution is 5.46. The molecule has 0 bridgehead atoms. The quantitative estimate of drug-likeness (QED) is 0.853. The van der Waals surface area contributed by atoms with E-state index in [1.54, 1.807) is 0 Å². The maximum absolute atomic E-state index is 5.97. The van der Waals surface area contributed by atoms with Gasteiger partial charge in [-0.1, -0.05) is 0 Å². The van der Waals surface area contributed by atoms with Crippen LogP contribution in [0.5, 0.6) is 0 Å². The van der Waals surface area contributed by atoms with Crippen molar-refractivity contribution in [3.05, 3.63) is 23.5 Å². The Morgan fingerprint density at radius 1 is 1.29 bits per heavy atom. The molecule has 1 aliphatic carbocycles. The molecule has 90 valence electrons. The minimum absolute atomic E-state index is 0.672. The van der Waals surface area contributed by atoms with Crippen molar-refractivity contribution >= 4 is 5.82 Å². The second-order valence-electron chi connectivity index (χ2n) is 4.46. The second kappa shape index (κ2) is 3.91. The summed E-state index contributed by atoms with van der Waals surface area (Å²) in [5.41, 5.74) is 8.44. The van der Waals surface area contributed by atoms with E-state index in [-0.39, 0.29) is 0 Å². The summed E-state index contributed by atoms with van der Waals surface area (Å²) >= 11 is 0. The molecular formula is C12H17N5. The zero-order valence-electron chi connectivity index (χ0n) is 10.1. The van der Waals surface area contributed by atoms with Crippen LogP contribution in [-0.2, 0) is 19.4 Å². The predicted molar refractivity (Wildman–Crippen MR) is 66.1 cm³/mol. The van der Waals surface area contributed by atoms with Gasteiger partial charge in [-0.25, -0.2) is 4.68 Å². The highest BCUT2D eigenvalue weighted by Gasteiger charge is 2.20. The first-order valence-corrected chi connectivity index (χ1v) is 6.19. The summed E-state index contributed by atoms with van der Waals surface area (Å²) in [7, 11) is 0. The molecule has 0 saturated heterocycles. The molecule has 0 radical (unpaired) electrons. The van der Waals surface area contributed by atoms with E-state index < -0.39 is 0 Å². The maximum Gasteiger partial charge on any atom is 0.175 e. The van der Waals surface area contributed by atoms with Crippen LogP contribution in [0.25, 0.3) is 5.82 Å². The summed E-state index contributed by atoms with van der Waals surface area (Å²) < 4.78 is 3.82. The lowest BCUT2D eigenvalue weighted by atomic mass is 9.97. The highest BCUT2D eigenvalue weighted by Crippen LogP contribution is 2.27. The van der Waals surface area contributed by atoms with Crippen molar-refractivity contribution in [3.63, 3.8) is 0 Å². The van der Waals surface area contributed by atoms with E-state index in [1.165, 1.54) is 24.1 Å². The van der Waals surface area contributed by atoms with E-state index in [9.17, 15) is 0 Å². The first-order valence-electron chi connectivity index (χ1n) is 6.19. The number of hydrogen-bond donors (Lipinski definition) is 1. The number of aromatic nitrogens is 4. The van der Waals surface area contributed by atoms with Crippen LogP contribution in [0.4, 0.5) is 5.82 Å². The first-order chi connectivity index (χ1) is 8.29. The molecule has 3 rings (SSSR count). The Hall–Kier alpha value is -1.78.